The lowest BCUT2D eigenvalue weighted by Crippen LogP contribution is -2.24. The van der Waals surface area contributed by atoms with Crippen molar-refractivity contribution in [1.29, 1.82) is 0 Å². The standard InChI is InChI=1S/C11H19BrN2O2S2/c1-8(2)4-3-5-14-18(15,16)10-6-9(7-13)17-11(10)12/h6,8,14H,3-5,7,13H2,1-2H3. The minimum Gasteiger partial charge on any atom is -0.326 e. The molecule has 104 valence electrons. The zero-order valence-corrected chi connectivity index (χ0v) is 13.8. The van der Waals surface area contributed by atoms with E-state index in [1.54, 1.807) is 6.07 Å². The maximum atomic E-state index is 12.1. The average molecular weight is 355 g/mol. The molecule has 1 rings (SSSR count). The SMILES string of the molecule is CC(C)CCCNS(=O)(=O)c1cc(CN)sc1Br. The Hall–Kier alpha value is 0.0500. The fraction of sp³-hybridized carbons (Fsp3) is 0.636. The highest BCUT2D eigenvalue weighted by atomic mass is 79.9. The second-order valence-electron chi connectivity index (χ2n) is 4.49. The molecule has 0 aliphatic heterocycles. The summed E-state index contributed by atoms with van der Waals surface area (Å²) in [6, 6.07) is 1.62. The predicted octanol–water partition coefficient (Wildman–Crippen LogP) is 2.68. The molecule has 0 atom stereocenters. The van der Waals surface area contributed by atoms with Crippen LogP contribution in [0.25, 0.3) is 0 Å². The highest BCUT2D eigenvalue weighted by Gasteiger charge is 2.19. The van der Waals surface area contributed by atoms with E-state index in [9.17, 15) is 8.42 Å². The fourth-order valence-corrected chi connectivity index (χ4v) is 5.11. The van der Waals surface area contributed by atoms with Gasteiger partial charge in [0, 0.05) is 18.0 Å². The molecule has 0 saturated heterocycles. The van der Waals surface area contributed by atoms with Crippen molar-refractivity contribution in [2.75, 3.05) is 6.54 Å². The van der Waals surface area contributed by atoms with Crippen molar-refractivity contribution in [3.05, 3.63) is 14.7 Å². The molecule has 1 aromatic heterocycles. The first-order chi connectivity index (χ1) is 8.36. The molecule has 0 aromatic carbocycles. The van der Waals surface area contributed by atoms with Crippen LogP contribution in [0.15, 0.2) is 14.7 Å². The maximum Gasteiger partial charge on any atom is 0.242 e. The van der Waals surface area contributed by atoms with Crippen molar-refractivity contribution in [2.45, 2.75) is 38.1 Å². The van der Waals surface area contributed by atoms with Crippen LogP contribution in [-0.2, 0) is 16.6 Å². The molecule has 0 amide bonds. The van der Waals surface area contributed by atoms with Crippen LogP contribution in [0.4, 0.5) is 0 Å². The zero-order chi connectivity index (χ0) is 13.8. The summed E-state index contributed by atoms with van der Waals surface area (Å²) in [4.78, 5) is 1.14. The first kappa shape index (κ1) is 16.1. The Bertz CT molecular complexity index is 483. The first-order valence-corrected chi connectivity index (χ1v) is 8.94. The summed E-state index contributed by atoms with van der Waals surface area (Å²) in [5.41, 5.74) is 5.50. The summed E-state index contributed by atoms with van der Waals surface area (Å²) in [7, 11) is -3.42. The number of hydrogen-bond acceptors (Lipinski definition) is 4. The number of rotatable bonds is 7. The smallest absolute Gasteiger partial charge is 0.242 e. The van der Waals surface area contributed by atoms with E-state index in [2.05, 4.69) is 34.5 Å². The van der Waals surface area contributed by atoms with E-state index in [1.807, 2.05) is 0 Å². The van der Waals surface area contributed by atoms with Gasteiger partial charge in [0.05, 0.1) is 3.79 Å². The highest BCUT2D eigenvalue weighted by molar-refractivity contribution is 9.11. The molecule has 0 radical (unpaired) electrons. The van der Waals surface area contributed by atoms with Crippen LogP contribution >= 0.6 is 27.3 Å². The van der Waals surface area contributed by atoms with Gasteiger partial charge in [-0.05, 0) is 40.8 Å². The molecule has 0 aliphatic rings. The minimum atomic E-state index is -3.42. The second-order valence-corrected chi connectivity index (χ2v) is 8.68. The summed E-state index contributed by atoms with van der Waals surface area (Å²) < 4.78 is 27.3. The van der Waals surface area contributed by atoms with Crippen LogP contribution in [-0.4, -0.2) is 15.0 Å². The van der Waals surface area contributed by atoms with Crippen molar-refractivity contribution in [1.82, 2.24) is 4.72 Å². The van der Waals surface area contributed by atoms with E-state index in [4.69, 9.17) is 5.73 Å². The fourth-order valence-electron chi connectivity index (χ4n) is 1.48. The molecule has 18 heavy (non-hydrogen) atoms. The van der Waals surface area contributed by atoms with E-state index < -0.39 is 10.0 Å². The quantitative estimate of drug-likeness (QED) is 0.739. The van der Waals surface area contributed by atoms with Gasteiger partial charge in [0.25, 0.3) is 0 Å². The molecule has 0 bridgehead atoms. The monoisotopic (exact) mass is 354 g/mol. The van der Waals surface area contributed by atoms with Crippen LogP contribution in [0.1, 0.15) is 31.6 Å². The van der Waals surface area contributed by atoms with Gasteiger partial charge in [0.1, 0.15) is 4.90 Å². The molecule has 4 nitrogen and oxygen atoms in total. The molecule has 3 N–H and O–H groups in total. The molecular formula is C11H19BrN2O2S2. The number of nitrogens with one attached hydrogen (secondary N) is 1. The normalized spacial score (nSPS) is 12.3. The molecule has 0 spiro atoms. The van der Waals surface area contributed by atoms with Crippen LogP contribution < -0.4 is 10.5 Å². The van der Waals surface area contributed by atoms with E-state index in [0.29, 0.717) is 22.8 Å². The Morgan fingerprint density at radius 1 is 1.50 bits per heavy atom. The zero-order valence-electron chi connectivity index (χ0n) is 10.6. The molecule has 0 saturated carbocycles. The largest absolute Gasteiger partial charge is 0.326 e. The third kappa shape index (κ3) is 4.62. The van der Waals surface area contributed by atoms with Gasteiger partial charge in [0.2, 0.25) is 10.0 Å². The van der Waals surface area contributed by atoms with Crippen molar-refractivity contribution in [3.63, 3.8) is 0 Å². The summed E-state index contributed by atoms with van der Waals surface area (Å²) in [6.07, 6.45) is 1.86. The topological polar surface area (TPSA) is 72.2 Å². The maximum absolute atomic E-state index is 12.1. The Labute approximate surface area is 121 Å². The number of nitrogens with two attached hydrogens (primary N) is 1. The van der Waals surface area contributed by atoms with E-state index in [0.717, 1.165) is 17.7 Å². The molecule has 1 aromatic rings. The van der Waals surface area contributed by atoms with Crippen molar-refractivity contribution in [3.8, 4) is 0 Å². The molecule has 7 heteroatoms. The van der Waals surface area contributed by atoms with E-state index in [-0.39, 0.29) is 4.90 Å². The van der Waals surface area contributed by atoms with Crippen LogP contribution in [0, 0.1) is 5.92 Å². The van der Waals surface area contributed by atoms with Crippen molar-refractivity contribution < 1.29 is 8.42 Å². The summed E-state index contributed by atoms with van der Waals surface area (Å²) in [5.74, 6) is 0.589. The lowest BCUT2D eigenvalue weighted by atomic mass is 10.1. The molecular weight excluding hydrogens is 336 g/mol. The Kier molecular flexibility index (Phi) is 6.26. The highest BCUT2D eigenvalue weighted by Crippen LogP contribution is 2.31. The first-order valence-electron chi connectivity index (χ1n) is 5.84. The van der Waals surface area contributed by atoms with E-state index >= 15 is 0 Å². The van der Waals surface area contributed by atoms with Gasteiger partial charge < -0.3 is 5.73 Å². The molecule has 1 heterocycles. The summed E-state index contributed by atoms with van der Waals surface area (Å²) >= 11 is 4.63. The van der Waals surface area contributed by atoms with Gasteiger partial charge in [-0.25, -0.2) is 13.1 Å². The van der Waals surface area contributed by atoms with Gasteiger partial charge in [0.15, 0.2) is 0 Å². The van der Waals surface area contributed by atoms with Gasteiger partial charge in [-0.2, -0.15) is 0 Å². The second kappa shape index (κ2) is 7.00. The van der Waals surface area contributed by atoms with Crippen molar-refractivity contribution >= 4 is 37.3 Å². The average Bonchev–Trinajstić information content (AvgIpc) is 2.66. The third-order valence-corrected chi connectivity index (χ3v) is 6.18. The minimum absolute atomic E-state index is 0.289. The van der Waals surface area contributed by atoms with Crippen LogP contribution in [0.2, 0.25) is 0 Å². The predicted molar refractivity (Wildman–Crippen MR) is 79.2 cm³/mol. The number of hydrogen-bond donors (Lipinski definition) is 2. The Morgan fingerprint density at radius 3 is 2.67 bits per heavy atom. The lowest BCUT2D eigenvalue weighted by molar-refractivity contribution is 0.540. The van der Waals surface area contributed by atoms with Crippen LogP contribution in [0.5, 0.6) is 0 Å². The Morgan fingerprint density at radius 2 is 2.17 bits per heavy atom. The molecule has 0 unspecified atom stereocenters. The summed E-state index contributed by atoms with van der Waals surface area (Å²) in [5, 5.41) is 0. The molecule has 0 fully saturated rings. The number of halogens is 1. The van der Waals surface area contributed by atoms with Gasteiger partial charge in [-0.15, -0.1) is 11.3 Å². The van der Waals surface area contributed by atoms with Gasteiger partial charge >= 0.3 is 0 Å². The van der Waals surface area contributed by atoms with Gasteiger partial charge in [-0.1, -0.05) is 13.8 Å². The number of thiophene rings is 1. The van der Waals surface area contributed by atoms with Crippen molar-refractivity contribution in [2.24, 2.45) is 11.7 Å². The molecule has 0 aliphatic carbocycles. The third-order valence-electron chi connectivity index (χ3n) is 2.45. The van der Waals surface area contributed by atoms with E-state index in [1.165, 1.54) is 11.3 Å². The summed E-state index contributed by atoms with van der Waals surface area (Å²) in [6.45, 7) is 5.07. The lowest BCUT2D eigenvalue weighted by Gasteiger charge is -2.07. The number of sulfonamides is 1. The van der Waals surface area contributed by atoms with Crippen LogP contribution in [0.3, 0.4) is 0 Å². The van der Waals surface area contributed by atoms with Gasteiger partial charge in [-0.3, -0.25) is 0 Å². The Balaban J connectivity index is 2.65.